The predicted octanol–water partition coefficient (Wildman–Crippen LogP) is 4.22. The van der Waals surface area contributed by atoms with Gasteiger partial charge in [0.25, 0.3) is 0 Å². The molecule has 0 amide bonds. The summed E-state index contributed by atoms with van der Waals surface area (Å²) in [6.45, 7) is 0. The van der Waals surface area contributed by atoms with E-state index in [9.17, 15) is 0 Å². The summed E-state index contributed by atoms with van der Waals surface area (Å²) < 4.78 is 0. The van der Waals surface area contributed by atoms with Crippen LogP contribution in [0.5, 0.6) is 0 Å². The van der Waals surface area contributed by atoms with Crippen LogP contribution in [0.2, 0.25) is 5.02 Å². The third-order valence-electron chi connectivity index (χ3n) is 2.59. The van der Waals surface area contributed by atoms with Crippen molar-refractivity contribution in [1.29, 1.82) is 0 Å². The highest BCUT2D eigenvalue weighted by Crippen LogP contribution is 2.28. The Hall–Kier alpha value is -1.30. The molecular weight excluding hydrogens is 298 g/mol. The van der Waals surface area contributed by atoms with Crippen LogP contribution in [0.15, 0.2) is 40.9 Å². The van der Waals surface area contributed by atoms with E-state index in [1.165, 1.54) is 0 Å². The van der Waals surface area contributed by atoms with Crippen molar-refractivity contribution in [3.8, 4) is 0 Å². The van der Waals surface area contributed by atoms with Gasteiger partial charge in [-0.25, -0.2) is 9.97 Å². The lowest BCUT2D eigenvalue weighted by atomic mass is 10.2. The minimum Gasteiger partial charge on any atom is -0.383 e. The Bertz CT molecular complexity index is 727. The number of nitrogen functional groups attached to an aromatic ring is 1. The predicted molar refractivity (Wildman–Crippen MR) is 82.8 cm³/mol. The molecule has 0 bridgehead atoms. The number of thioether (sulfide) groups is 1. The molecule has 3 rings (SSSR count). The topological polar surface area (TPSA) is 51.8 Å². The number of aromatic nitrogens is 2. The molecule has 6 heteroatoms. The van der Waals surface area contributed by atoms with E-state index in [4.69, 9.17) is 17.3 Å². The first-order valence-corrected chi connectivity index (χ1v) is 7.84. The Balaban J connectivity index is 1.81. The van der Waals surface area contributed by atoms with Gasteiger partial charge in [-0.3, -0.25) is 0 Å². The fourth-order valence-electron chi connectivity index (χ4n) is 1.70. The molecule has 96 valence electrons. The van der Waals surface area contributed by atoms with E-state index in [1.807, 2.05) is 35.7 Å². The molecule has 3 nitrogen and oxygen atoms in total. The second-order valence-electron chi connectivity index (χ2n) is 3.95. The molecule has 2 heterocycles. The summed E-state index contributed by atoms with van der Waals surface area (Å²) in [6.07, 6.45) is 0. The van der Waals surface area contributed by atoms with Gasteiger partial charge in [-0.2, -0.15) is 0 Å². The third kappa shape index (κ3) is 2.83. The smallest absolute Gasteiger partial charge is 0.191 e. The van der Waals surface area contributed by atoms with Gasteiger partial charge < -0.3 is 5.73 Å². The van der Waals surface area contributed by atoms with Crippen LogP contribution in [0.4, 0.5) is 5.82 Å². The number of nitrogens with zero attached hydrogens (tertiary/aromatic N) is 2. The van der Waals surface area contributed by atoms with E-state index in [0.29, 0.717) is 11.0 Å². The summed E-state index contributed by atoms with van der Waals surface area (Å²) >= 11 is 9.09. The number of halogens is 1. The Morgan fingerprint density at radius 1 is 1.26 bits per heavy atom. The summed E-state index contributed by atoms with van der Waals surface area (Å²) in [4.78, 5) is 9.74. The lowest BCUT2D eigenvalue weighted by molar-refractivity contribution is 1.02. The first-order valence-electron chi connectivity index (χ1n) is 5.60. The van der Waals surface area contributed by atoms with Crippen LogP contribution in [-0.2, 0) is 5.75 Å². The summed E-state index contributed by atoms with van der Waals surface area (Å²) in [6, 6.07) is 9.73. The lowest BCUT2D eigenvalue weighted by Crippen LogP contribution is -1.95. The van der Waals surface area contributed by atoms with Crippen LogP contribution < -0.4 is 5.73 Å². The van der Waals surface area contributed by atoms with E-state index < -0.39 is 0 Å². The molecule has 0 aliphatic carbocycles. The first kappa shape index (κ1) is 12.7. The summed E-state index contributed by atoms with van der Waals surface area (Å²) in [5.74, 6) is 1.32. The van der Waals surface area contributed by atoms with Crippen LogP contribution in [0, 0.1) is 0 Å². The number of nitrogens with two attached hydrogens (primary N) is 1. The third-order valence-corrected chi connectivity index (χ3v) is 4.55. The molecule has 3 aromatic rings. The van der Waals surface area contributed by atoms with Crippen molar-refractivity contribution < 1.29 is 0 Å². The zero-order chi connectivity index (χ0) is 13.2. The van der Waals surface area contributed by atoms with Crippen molar-refractivity contribution in [1.82, 2.24) is 9.97 Å². The normalized spacial score (nSPS) is 11.0. The Morgan fingerprint density at radius 2 is 2.16 bits per heavy atom. The van der Waals surface area contributed by atoms with Crippen molar-refractivity contribution in [2.45, 2.75) is 10.9 Å². The molecule has 0 saturated carbocycles. The minimum absolute atomic E-state index is 0.542. The monoisotopic (exact) mass is 307 g/mol. The van der Waals surface area contributed by atoms with Crippen molar-refractivity contribution in [3.05, 3.63) is 46.3 Å². The Morgan fingerprint density at radius 3 is 3.00 bits per heavy atom. The molecular formula is C13H10ClN3S2. The van der Waals surface area contributed by atoms with Crippen LogP contribution in [0.1, 0.15) is 5.56 Å². The second kappa shape index (κ2) is 5.36. The fraction of sp³-hybridized carbons (Fsp3) is 0.0769. The number of thiophene rings is 1. The number of fused-ring (bicyclic) bond motifs is 1. The number of hydrogen-bond donors (Lipinski definition) is 1. The van der Waals surface area contributed by atoms with E-state index in [0.717, 1.165) is 26.6 Å². The Labute approximate surface area is 123 Å². The van der Waals surface area contributed by atoms with E-state index in [-0.39, 0.29) is 0 Å². The summed E-state index contributed by atoms with van der Waals surface area (Å²) in [7, 11) is 0. The molecule has 2 N–H and O–H groups in total. The van der Waals surface area contributed by atoms with Gasteiger partial charge in [-0.1, -0.05) is 35.5 Å². The maximum atomic E-state index is 5.96. The number of benzene rings is 1. The van der Waals surface area contributed by atoms with Gasteiger partial charge in [-0.05, 0) is 29.1 Å². The Kier molecular flexibility index (Phi) is 3.59. The molecule has 0 fully saturated rings. The van der Waals surface area contributed by atoms with E-state index >= 15 is 0 Å². The largest absolute Gasteiger partial charge is 0.383 e. The highest BCUT2D eigenvalue weighted by molar-refractivity contribution is 7.98. The first-order chi connectivity index (χ1) is 9.22. The fourth-order valence-corrected chi connectivity index (χ4v) is 3.53. The van der Waals surface area contributed by atoms with Gasteiger partial charge in [0.05, 0.1) is 5.39 Å². The highest BCUT2D eigenvalue weighted by atomic mass is 35.5. The van der Waals surface area contributed by atoms with Crippen LogP contribution in [-0.4, -0.2) is 9.97 Å². The quantitative estimate of drug-likeness (QED) is 0.581. The summed E-state index contributed by atoms with van der Waals surface area (Å²) in [5.41, 5.74) is 7.06. The molecule has 0 radical (unpaired) electrons. The standard InChI is InChI=1S/C13H10ClN3S2/c14-9-3-1-2-8(6-9)7-19-13-16-11(15)10-4-5-18-12(10)17-13/h1-6H,7H2,(H2,15,16,17). The van der Waals surface area contributed by atoms with Crippen molar-refractivity contribution in [2.75, 3.05) is 5.73 Å². The average Bonchev–Trinajstić information content (AvgIpc) is 2.85. The number of rotatable bonds is 3. The van der Waals surface area contributed by atoms with Gasteiger partial charge >= 0.3 is 0 Å². The lowest BCUT2D eigenvalue weighted by Gasteiger charge is -2.03. The van der Waals surface area contributed by atoms with Gasteiger partial charge in [0.1, 0.15) is 10.6 Å². The number of hydrogen-bond acceptors (Lipinski definition) is 5. The molecule has 0 aliphatic rings. The van der Waals surface area contributed by atoms with Gasteiger partial charge in [0.15, 0.2) is 5.16 Å². The molecule has 0 atom stereocenters. The zero-order valence-electron chi connectivity index (χ0n) is 9.84. The maximum absolute atomic E-state index is 5.96. The van der Waals surface area contributed by atoms with Crippen molar-refractivity contribution >= 4 is 50.7 Å². The highest BCUT2D eigenvalue weighted by Gasteiger charge is 2.07. The van der Waals surface area contributed by atoms with E-state index in [2.05, 4.69) is 9.97 Å². The SMILES string of the molecule is Nc1nc(SCc2cccc(Cl)c2)nc2sccc12. The molecule has 0 aliphatic heterocycles. The van der Waals surface area contributed by atoms with Crippen LogP contribution in [0.25, 0.3) is 10.2 Å². The van der Waals surface area contributed by atoms with Gasteiger partial charge in [0, 0.05) is 10.8 Å². The molecule has 0 spiro atoms. The number of anilines is 1. The molecule has 0 saturated heterocycles. The molecule has 0 unspecified atom stereocenters. The summed E-state index contributed by atoms with van der Waals surface area (Å²) in [5, 5.41) is 4.35. The molecule has 1 aromatic carbocycles. The molecule has 19 heavy (non-hydrogen) atoms. The zero-order valence-corrected chi connectivity index (χ0v) is 12.2. The second-order valence-corrected chi connectivity index (χ2v) is 6.22. The van der Waals surface area contributed by atoms with Crippen LogP contribution >= 0.6 is 34.7 Å². The van der Waals surface area contributed by atoms with Gasteiger partial charge in [-0.15, -0.1) is 11.3 Å². The maximum Gasteiger partial charge on any atom is 0.191 e. The van der Waals surface area contributed by atoms with Crippen molar-refractivity contribution in [3.63, 3.8) is 0 Å². The van der Waals surface area contributed by atoms with Gasteiger partial charge in [0.2, 0.25) is 0 Å². The molecule has 2 aromatic heterocycles. The average molecular weight is 308 g/mol. The van der Waals surface area contributed by atoms with Crippen molar-refractivity contribution in [2.24, 2.45) is 0 Å². The van der Waals surface area contributed by atoms with Crippen LogP contribution in [0.3, 0.4) is 0 Å². The minimum atomic E-state index is 0.542. The van der Waals surface area contributed by atoms with E-state index in [1.54, 1.807) is 23.1 Å².